The van der Waals surface area contributed by atoms with Crippen LogP contribution in [-0.4, -0.2) is 48.1 Å². The van der Waals surface area contributed by atoms with Crippen LogP contribution in [0, 0.1) is 0 Å². The van der Waals surface area contributed by atoms with Gasteiger partial charge in [-0.2, -0.15) is 0 Å². The molecule has 9 nitrogen and oxygen atoms in total. The number of amides is 1. The van der Waals surface area contributed by atoms with Crippen LogP contribution in [0.3, 0.4) is 0 Å². The molecular weight excluding hydrogens is 542 g/mol. The number of benzene rings is 3. The van der Waals surface area contributed by atoms with Gasteiger partial charge in [0.2, 0.25) is 5.95 Å². The van der Waals surface area contributed by atoms with Gasteiger partial charge in [0.25, 0.3) is 5.78 Å². The molecule has 0 bridgehead atoms. The maximum atomic E-state index is 13.4. The zero-order valence-corrected chi connectivity index (χ0v) is 21.7. The van der Waals surface area contributed by atoms with Crippen LogP contribution in [0.15, 0.2) is 70.7 Å². The number of imidazole rings is 1. The van der Waals surface area contributed by atoms with Crippen LogP contribution in [0.1, 0.15) is 17.2 Å². The molecule has 1 fully saturated rings. The molecule has 1 aliphatic rings. The molecule has 5 rings (SSSR count). The molecule has 1 aliphatic heterocycles. The Morgan fingerprint density at radius 1 is 0.946 bits per heavy atom. The van der Waals surface area contributed by atoms with Gasteiger partial charge >= 0.3 is 5.91 Å². The number of Topliss-reactive ketones (excluding diaryl/α,β-unsaturated/α-hetero) is 1. The Morgan fingerprint density at radius 3 is 2.32 bits per heavy atom. The quantitative estimate of drug-likeness (QED) is 0.193. The molecule has 37 heavy (non-hydrogen) atoms. The Bertz CT molecular complexity index is 1540. The predicted octanol–water partition coefficient (Wildman–Crippen LogP) is 4.98. The van der Waals surface area contributed by atoms with E-state index in [1.54, 1.807) is 42.5 Å². The van der Waals surface area contributed by atoms with Crippen molar-refractivity contribution < 1.29 is 28.9 Å². The Morgan fingerprint density at radius 2 is 1.65 bits per heavy atom. The van der Waals surface area contributed by atoms with Crippen LogP contribution in [0.4, 0.5) is 5.95 Å². The summed E-state index contributed by atoms with van der Waals surface area (Å²) in [5.41, 5.74) is 2.09. The van der Waals surface area contributed by atoms with Gasteiger partial charge in [0.15, 0.2) is 11.5 Å². The van der Waals surface area contributed by atoms with E-state index in [-0.39, 0.29) is 17.3 Å². The molecule has 3 aromatic carbocycles. The first-order chi connectivity index (χ1) is 17.9. The molecule has 0 spiro atoms. The second kappa shape index (κ2) is 9.62. The minimum atomic E-state index is -0.999. The number of carbonyl (C=O) groups is 2. The number of methoxy groups -OCH3 is 3. The van der Waals surface area contributed by atoms with E-state index in [4.69, 9.17) is 14.2 Å². The van der Waals surface area contributed by atoms with Crippen LogP contribution in [0.2, 0.25) is 0 Å². The van der Waals surface area contributed by atoms with E-state index >= 15 is 0 Å². The molecule has 2 N–H and O–H groups in total. The summed E-state index contributed by atoms with van der Waals surface area (Å²) in [5, 5.41) is 11.4. The van der Waals surface area contributed by atoms with Gasteiger partial charge in [-0.3, -0.25) is 14.5 Å². The van der Waals surface area contributed by atoms with Crippen molar-refractivity contribution in [2.24, 2.45) is 0 Å². The molecule has 2 heterocycles. The summed E-state index contributed by atoms with van der Waals surface area (Å²) in [6.07, 6.45) is 0. The van der Waals surface area contributed by atoms with Crippen LogP contribution >= 0.6 is 15.9 Å². The van der Waals surface area contributed by atoms with E-state index in [9.17, 15) is 14.7 Å². The lowest BCUT2D eigenvalue weighted by Gasteiger charge is -2.24. The van der Waals surface area contributed by atoms with E-state index in [2.05, 4.69) is 25.9 Å². The van der Waals surface area contributed by atoms with E-state index in [1.807, 2.05) is 18.2 Å². The van der Waals surface area contributed by atoms with Crippen molar-refractivity contribution in [1.29, 1.82) is 0 Å². The second-order valence-electron chi connectivity index (χ2n) is 8.21. The normalized spacial score (nSPS) is 16.9. The number of aromatic nitrogens is 2. The van der Waals surface area contributed by atoms with Crippen molar-refractivity contribution in [2.75, 3.05) is 26.2 Å². The molecule has 1 saturated heterocycles. The summed E-state index contributed by atoms with van der Waals surface area (Å²) in [5.74, 6) is -0.389. The lowest BCUT2D eigenvalue weighted by Crippen LogP contribution is -2.30. The van der Waals surface area contributed by atoms with Crippen LogP contribution < -0.4 is 19.1 Å². The maximum absolute atomic E-state index is 13.4. The van der Waals surface area contributed by atoms with Gasteiger partial charge in [-0.15, -0.1) is 0 Å². The molecule has 0 radical (unpaired) electrons. The number of nitrogens with zero attached hydrogens (tertiary/aromatic N) is 2. The predicted molar refractivity (Wildman–Crippen MR) is 141 cm³/mol. The monoisotopic (exact) mass is 563 g/mol. The number of hydrogen-bond donors (Lipinski definition) is 2. The molecule has 1 atom stereocenters. The number of para-hydroxylation sites is 2. The number of nitrogens with one attached hydrogen (secondary N) is 1. The second-order valence-corrected chi connectivity index (χ2v) is 9.06. The summed E-state index contributed by atoms with van der Waals surface area (Å²) < 4.78 is 16.7. The number of ether oxygens (including phenoxy) is 3. The fourth-order valence-corrected chi connectivity index (χ4v) is 4.95. The molecule has 1 amide bonds. The third-order valence-electron chi connectivity index (χ3n) is 6.20. The Balaban J connectivity index is 1.74. The van der Waals surface area contributed by atoms with Crippen molar-refractivity contribution in [2.45, 2.75) is 6.04 Å². The van der Waals surface area contributed by atoms with Gasteiger partial charge in [0, 0.05) is 5.56 Å². The molecular formula is C27H22BrN3O6. The summed E-state index contributed by atoms with van der Waals surface area (Å²) in [6, 6.07) is 16.2. The average molecular weight is 564 g/mol. The van der Waals surface area contributed by atoms with Gasteiger partial charge in [-0.1, -0.05) is 18.2 Å². The van der Waals surface area contributed by atoms with Gasteiger partial charge < -0.3 is 24.3 Å². The lowest BCUT2D eigenvalue weighted by atomic mass is 9.95. The van der Waals surface area contributed by atoms with Gasteiger partial charge in [0.05, 0.1) is 48.5 Å². The zero-order chi connectivity index (χ0) is 26.3. The average Bonchev–Trinajstić information content (AvgIpc) is 3.46. The number of aromatic amines is 1. The van der Waals surface area contributed by atoms with Gasteiger partial charge in [-0.25, -0.2) is 4.98 Å². The highest BCUT2D eigenvalue weighted by molar-refractivity contribution is 9.10. The van der Waals surface area contributed by atoms with Crippen molar-refractivity contribution >= 4 is 50.4 Å². The van der Waals surface area contributed by atoms with E-state index in [0.29, 0.717) is 43.9 Å². The summed E-state index contributed by atoms with van der Waals surface area (Å²) >= 11 is 3.41. The Kier molecular flexibility index (Phi) is 6.34. The number of carbonyl (C=O) groups excluding carboxylic acids is 2. The van der Waals surface area contributed by atoms with Gasteiger partial charge in [0.1, 0.15) is 11.5 Å². The highest BCUT2D eigenvalue weighted by Gasteiger charge is 2.48. The number of aliphatic hydroxyl groups is 1. The number of aliphatic hydroxyl groups excluding tert-OH is 1. The Hall–Kier alpha value is -4.31. The summed E-state index contributed by atoms with van der Waals surface area (Å²) in [7, 11) is 4.53. The molecule has 1 aromatic heterocycles. The third kappa shape index (κ3) is 4.09. The van der Waals surface area contributed by atoms with E-state index in [1.165, 1.54) is 26.2 Å². The summed E-state index contributed by atoms with van der Waals surface area (Å²) in [6.45, 7) is 0. The maximum Gasteiger partial charge on any atom is 0.302 e. The number of rotatable bonds is 6. The van der Waals surface area contributed by atoms with Crippen molar-refractivity contribution in [3.63, 3.8) is 0 Å². The highest BCUT2D eigenvalue weighted by atomic mass is 79.9. The fraction of sp³-hybridized carbons (Fsp3) is 0.148. The lowest BCUT2D eigenvalue weighted by molar-refractivity contribution is -0.132. The molecule has 0 aliphatic carbocycles. The number of H-pyrrole nitrogens is 1. The minimum Gasteiger partial charge on any atom is -0.507 e. The van der Waals surface area contributed by atoms with Crippen LogP contribution in [0.5, 0.6) is 17.2 Å². The molecule has 0 saturated carbocycles. The zero-order valence-electron chi connectivity index (χ0n) is 20.1. The number of anilines is 1. The van der Waals surface area contributed by atoms with Crippen LogP contribution in [0.25, 0.3) is 16.8 Å². The standard InChI is InChI=1S/C27H22BrN3O6/c1-35-19-10-9-15(12-16(19)28)24(32)22-23(14-8-11-20(36-2)21(13-14)37-3)31(26(34)25(22)33)27-29-17-6-4-5-7-18(17)30-27/h4-13,23,32H,1-3H3,(H,29,30)/b24-22+. The first-order valence-corrected chi connectivity index (χ1v) is 12.0. The minimum absolute atomic E-state index is 0.0882. The largest absolute Gasteiger partial charge is 0.507 e. The summed E-state index contributed by atoms with van der Waals surface area (Å²) in [4.78, 5) is 35.8. The number of hydrogen-bond acceptors (Lipinski definition) is 7. The van der Waals surface area contributed by atoms with Crippen molar-refractivity contribution in [3.8, 4) is 17.2 Å². The number of halogens is 1. The molecule has 188 valence electrons. The van der Waals surface area contributed by atoms with E-state index in [0.717, 1.165) is 0 Å². The number of fused-ring (bicyclic) bond motifs is 1. The first kappa shape index (κ1) is 24.4. The SMILES string of the molecule is COc1ccc(/C(O)=C2\C(=O)C(=O)N(c3nc4ccccc4[nH]3)C2c2ccc(OC)c(OC)c2)cc1Br. The number of ketones is 1. The first-order valence-electron chi connectivity index (χ1n) is 11.2. The van der Waals surface area contributed by atoms with Crippen LogP contribution in [-0.2, 0) is 9.59 Å². The van der Waals surface area contributed by atoms with Crippen molar-refractivity contribution in [3.05, 3.63) is 81.8 Å². The smallest absolute Gasteiger partial charge is 0.302 e. The van der Waals surface area contributed by atoms with Crippen molar-refractivity contribution in [1.82, 2.24) is 9.97 Å². The van der Waals surface area contributed by atoms with Gasteiger partial charge in [-0.05, 0) is 64.0 Å². The molecule has 10 heteroatoms. The fourth-order valence-electron chi connectivity index (χ4n) is 4.41. The highest BCUT2D eigenvalue weighted by Crippen LogP contribution is 2.44. The molecule has 1 unspecified atom stereocenters. The topological polar surface area (TPSA) is 114 Å². The third-order valence-corrected chi connectivity index (χ3v) is 6.82. The Labute approximate surface area is 220 Å². The van der Waals surface area contributed by atoms with E-state index < -0.39 is 17.7 Å². The molecule has 4 aromatic rings.